The fourth-order valence-electron chi connectivity index (χ4n) is 2.30. The van der Waals surface area contributed by atoms with Crippen molar-refractivity contribution in [2.24, 2.45) is 0 Å². The van der Waals surface area contributed by atoms with E-state index in [4.69, 9.17) is 9.15 Å². The first-order valence-electron chi connectivity index (χ1n) is 7.02. The molecule has 2 rings (SSSR count). The number of aliphatic hydroxyl groups is 1. The van der Waals surface area contributed by atoms with Crippen molar-refractivity contribution < 1.29 is 27.4 Å². The molecule has 126 valence electrons. The highest BCUT2D eigenvalue weighted by atomic mass is 19.4. The number of rotatable bonds is 7. The van der Waals surface area contributed by atoms with Gasteiger partial charge in [-0.3, -0.25) is 5.32 Å². The summed E-state index contributed by atoms with van der Waals surface area (Å²) in [5.74, 6) is 0.501. The van der Waals surface area contributed by atoms with Crippen LogP contribution in [0.5, 0.6) is 0 Å². The monoisotopic (exact) mass is 329 g/mol. The summed E-state index contributed by atoms with van der Waals surface area (Å²) in [4.78, 5) is 0. The minimum absolute atomic E-state index is 0.151. The lowest BCUT2D eigenvalue weighted by Crippen LogP contribution is -2.31. The van der Waals surface area contributed by atoms with E-state index in [9.17, 15) is 18.3 Å². The van der Waals surface area contributed by atoms with Gasteiger partial charge in [0.05, 0.1) is 37.1 Å². The van der Waals surface area contributed by atoms with Crippen molar-refractivity contribution in [3.63, 3.8) is 0 Å². The zero-order chi connectivity index (χ0) is 16.9. The fourth-order valence-corrected chi connectivity index (χ4v) is 2.30. The van der Waals surface area contributed by atoms with Crippen molar-refractivity contribution in [1.29, 1.82) is 0 Å². The number of ether oxygens (including phenoxy) is 1. The molecule has 0 bridgehead atoms. The Hall–Kier alpha value is -1.83. The van der Waals surface area contributed by atoms with E-state index in [0.29, 0.717) is 11.3 Å². The normalized spacial score (nSPS) is 14.7. The highest BCUT2D eigenvalue weighted by molar-refractivity contribution is 5.28. The van der Waals surface area contributed by atoms with E-state index >= 15 is 0 Å². The lowest BCUT2D eigenvalue weighted by atomic mass is 10.0. The summed E-state index contributed by atoms with van der Waals surface area (Å²) in [6, 6.07) is 7.33. The van der Waals surface area contributed by atoms with E-state index in [1.807, 2.05) is 0 Å². The molecule has 0 radical (unpaired) electrons. The lowest BCUT2D eigenvalue weighted by molar-refractivity contribution is -0.137. The van der Waals surface area contributed by atoms with Gasteiger partial charge in [0.1, 0.15) is 5.76 Å². The van der Waals surface area contributed by atoms with Crippen LogP contribution in [-0.4, -0.2) is 25.4 Å². The minimum Gasteiger partial charge on any atom is -0.468 e. The molecule has 2 aromatic rings. The predicted octanol–water partition coefficient (Wildman–Crippen LogP) is 3.31. The van der Waals surface area contributed by atoms with Gasteiger partial charge in [-0.15, -0.1) is 0 Å². The Balaban J connectivity index is 2.24. The Morgan fingerprint density at radius 3 is 2.57 bits per heavy atom. The summed E-state index contributed by atoms with van der Waals surface area (Å²) in [6.07, 6.45) is -2.94. The Morgan fingerprint density at radius 1 is 1.22 bits per heavy atom. The van der Waals surface area contributed by atoms with Gasteiger partial charge in [0.25, 0.3) is 0 Å². The number of furan rings is 1. The molecule has 0 saturated carbocycles. The number of methoxy groups -OCH3 is 1. The van der Waals surface area contributed by atoms with Crippen molar-refractivity contribution in [1.82, 2.24) is 5.32 Å². The van der Waals surface area contributed by atoms with Gasteiger partial charge in [-0.05, 0) is 29.8 Å². The van der Waals surface area contributed by atoms with Crippen molar-refractivity contribution in [3.05, 3.63) is 59.5 Å². The van der Waals surface area contributed by atoms with Crippen LogP contribution in [0.4, 0.5) is 13.2 Å². The average molecular weight is 329 g/mol. The van der Waals surface area contributed by atoms with Crippen LogP contribution in [0.3, 0.4) is 0 Å². The van der Waals surface area contributed by atoms with Crippen LogP contribution in [0.1, 0.15) is 29.0 Å². The first-order valence-corrected chi connectivity index (χ1v) is 7.02. The van der Waals surface area contributed by atoms with E-state index in [1.54, 1.807) is 18.2 Å². The number of halogens is 3. The van der Waals surface area contributed by atoms with Crippen LogP contribution in [0, 0.1) is 0 Å². The van der Waals surface area contributed by atoms with Crippen LogP contribution in [0.2, 0.25) is 0 Å². The molecule has 1 aromatic carbocycles. The molecule has 0 amide bonds. The van der Waals surface area contributed by atoms with Crippen molar-refractivity contribution >= 4 is 0 Å². The predicted molar refractivity (Wildman–Crippen MR) is 77.7 cm³/mol. The molecule has 2 atom stereocenters. The highest BCUT2D eigenvalue weighted by Crippen LogP contribution is 2.31. The van der Waals surface area contributed by atoms with Gasteiger partial charge in [0.2, 0.25) is 0 Å². The molecule has 0 fully saturated rings. The standard InChI is InChI=1S/C16H18F3NO3/c1-22-10-14(20-13(9-21)15-6-3-7-23-15)11-4-2-5-12(8-11)16(17,18)19/h2-8,13-14,20-21H,9-10H2,1H3. The van der Waals surface area contributed by atoms with Crippen molar-refractivity contribution in [3.8, 4) is 0 Å². The number of benzene rings is 1. The van der Waals surface area contributed by atoms with Gasteiger partial charge in [-0.2, -0.15) is 13.2 Å². The van der Waals surface area contributed by atoms with E-state index in [0.717, 1.165) is 12.1 Å². The highest BCUT2D eigenvalue weighted by Gasteiger charge is 2.31. The van der Waals surface area contributed by atoms with Gasteiger partial charge < -0.3 is 14.3 Å². The van der Waals surface area contributed by atoms with E-state index in [2.05, 4.69) is 5.32 Å². The molecule has 0 aliphatic rings. The summed E-state index contributed by atoms with van der Waals surface area (Å²) in [5, 5.41) is 12.6. The second-order valence-corrected chi connectivity index (χ2v) is 5.05. The summed E-state index contributed by atoms with van der Waals surface area (Å²) in [5.41, 5.74) is -0.303. The zero-order valence-electron chi connectivity index (χ0n) is 12.5. The van der Waals surface area contributed by atoms with Gasteiger partial charge in [0, 0.05) is 7.11 Å². The smallest absolute Gasteiger partial charge is 0.416 e. The molecule has 0 spiro atoms. The summed E-state index contributed by atoms with van der Waals surface area (Å²) in [6.45, 7) is -0.106. The van der Waals surface area contributed by atoms with E-state index in [-0.39, 0.29) is 13.2 Å². The second kappa shape index (κ2) is 7.63. The molecule has 2 N–H and O–H groups in total. The lowest BCUT2D eigenvalue weighted by Gasteiger charge is -2.24. The maximum absolute atomic E-state index is 12.9. The number of alkyl halides is 3. The molecule has 4 nitrogen and oxygen atoms in total. The maximum Gasteiger partial charge on any atom is 0.416 e. The molecular weight excluding hydrogens is 311 g/mol. The molecule has 1 aromatic heterocycles. The van der Waals surface area contributed by atoms with Gasteiger partial charge in [0.15, 0.2) is 0 Å². The largest absolute Gasteiger partial charge is 0.468 e. The van der Waals surface area contributed by atoms with Crippen LogP contribution in [0.15, 0.2) is 47.1 Å². The maximum atomic E-state index is 12.9. The van der Waals surface area contributed by atoms with Crippen LogP contribution >= 0.6 is 0 Å². The summed E-state index contributed by atoms with van der Waals surface area (Å²) < 4.78 is 48.9. The number of hydrogen-bond donors (Lipinski definition) is 2. The molecule has 0 saturated heterocycles. The van der Waals surface area contributed by atoms with E-state index < -0.39 is 23.8 Å². The third kappa shape index (κ3) is 4.57. The minimum atomic E-state index is -4.41. The van der Waals surface area contributed by atoms with E-state index in [1.165, 1.54) is 19.4 Å². The molecular formula is C16H18F3NO3. The van der Waals surface area contributed by atoms with Gasteiger partial charge in [-0.1, -0.05) is 12.1 Å². The van der Waals surface area contributed by atoms with Gasteiger partial charge >= 0.3 is 6.18 Å². The Kier molecular flexibility index (Phi) is 5.81. The first kappa shape index (κ1) is 17.5. The van der Waals surface area contributed by atoms with Crippen LogP contribution < -0.4 is 5.32 Å². The van der Waals surface area contributed by atoms with Crippen molar-refractivity contribution in [2.75, 3.05) is 20.3 Å². The van der Waals surface area contributed by atoms with Crippen LogP contribution in [-0.2, 0) is 10.9 Å². The van der Waals surface area contributed by atoms with Crippen LogP contribution in [0.25, 0.3) is 0 Å². The third-order valence-electron chi connectivity index (χ3n) is 3.42. The average Bonchev–Trinajstić information content (AvgIpc) is 3.05. The summed E-state index contributed by atoms with van der Waals surface area (Å²) >= 11 is 0. The molecule has 7 heteroatoms. The molecule has 1 heterocycles. The fraction of sp³-hybridized carbons (Fsp3) is 0.375. The molecule has 23 heavy (non-hydrogen) atoms. The number of nitrogens with one attached hydrogen (secondary N) is 1. The second-order valence-electron chi connectivity index (χ2n) is 5.05. The third-order valence-corrected chi connectivity index (χ3v) is 3.42. The quantitative estimate of drug-likeness (QED) is 0.818. The Labute approximate surface area is 131 Å². The topological polar surface area (TPSA) is 54.6 Å². The van der Waals surface area contributed by atoms with Gasteiger partial charge in [-0.25, -0.2) is 0 Å². The SMILES string of the molecule is COCC(NC(CO)c1ccco1)c1cccc(C(F)(F)F)c1. The number of hydrogen-bond acceptors (Lipinski definition) is 4. The number of aliphatic hydroxyl groups excluding tert-OH is 1. The molecule has 0 aliphatic carbocycles. The Bertz CT molecular complexity index is 599. The van der Waals surface area contributed by atoms with Crippen molar-refractivity contribution in [2.45, 2.75) is 18.3 Å². The Morgan fingerprint density at radius 2 is 2.00 bits per heavy atom. The summed E-state index contributed by atoms with van der Waals surface area (Å²) in [7, 11) is 1.46. The molecule has 2 unspecified atom stereocenters. The molecule has 0 aliphatic heterocycles. The zero-order valence-corrected chi connectivity index (χ0v) is 12.5. The first-order chi connectivity index (χ1) is 11.0.